The van der Waals surface area contributed by atoms with Gasteiger partial charge < -0.3 is 0 Å². The summed E-state index contributed by atoms with van der Waals surface area (Å²) < 4.78 is 90.7. The Morgan fingerprint density at radius 3 is 1.74 bits per heavy atom. The highest BCUT2D eigenvalue weighted by molar-refractivity contribution is 8.18. The Morgan fingerprint density at radius 1 is 0.657 bits per heavy atom. The number of nitrogens with zero attached hydrogens (tertiary/aromatic N) is 1. The Hall–Kier alpha value is -2.39. The maximum atomic E-state index is 15.3. The molecule has 0 radical (unpaired) electrons. The van der Waals surface area contributed by atoms with Crippen molar-refractivity contribution in [2.45, 2.75) is 37.2 Å². The molecule has 1 fully saturated rings. The number of hydrogen-bond acceptors (Lipinski definition) is 3. The van der Waals surface area contributed by atoms with Crippen molar-refractivity contribution < 1.29 is 26.3 Å². The first-order valence-electron chi connectivity index (χ1n) is 10.8. The van der Waals surface area contributed by atoms with Gasteiger partial charge in [-0.25, -0.2) is 0 Å². The number of halogens is 6. The summed E-state index contributed by atoms with van der Waals surface area (Å²) >= 11 is 1.63. The lowest BCUT2D eigenvalue weighted by atomic mass is 9.65. The van der Waals surface area contributed by atoms with Crippen LogP contribution in [0.1, 0.15) is 25.0 Å². The summed E-state index contributed by atoms with van der Waals surface area (Å²) in [6.07, 6.45) is 1.72. The zero-order valence-electron chi connectivity index (χ0n) is 18.4. The number of aliphatic imine (C=N–C) groups is 1. The quantitative estimate of drug-likeness (QED) is 0.370. The van der Waals surface area contributed by atoms with Crippen molar-refractivity contribution in [1.82, 2.24) is 0 Å². The van der Waals surface area contributed by atoms with Gasteiger partial charge in [-0.3, -0.25) is 4.99 Å². The van der Waals surface area contributed by atoms with Crippen molar-refractivity contribution in [3.63, 3.8) is 0 Å². The van der Waals surface area contributed by atoms with Crippen LogP contribution in [0.4, 0.5) is 26.3 Å². The topological polar surface area (TPSA) is 12.4 Å². The minimum atomic E-state index is -5.57. The number of hydrogen-bond donors (Lipinski definition) is 0. The van der Waals surface area contributed by atoms with E-state index >= 15 is 17.6 Å². The number of allylic oxidation sites excluding steroid dienone is 2. The van der Waals surface area contributed by atoms with E-state index in [1.807, 2.05) is 0 Å². The summed E-state index contributed by atoms with van der Waals surface area (Å²) in [5.74, 6) is -15.7. The van der Waals surface area contributed by atoms with Crippen molar-refractivity contribution in [2.75, 3.05) is 0 Å². The van der Waals surface area contributed by atoms with E-state index in [0.29, 0.717) is 21.1 Å². The minimum absolute atomic E-state index is 0.196. The number of rotatable bonds is 2. The van der Waals surface area contributed by atoms with Gasteiger partial charge in [0.1, 0.15) is 10.6 Å². The van der Waals surface area contributed by atoms with Gasteiger partial charge in [-0.2, -0.15) is 26.3 Å². The van der Waals surface area contributed by atoms with E-state index in [-0.39, 0.29) is 9.81 Å². The minimum Gasteiger partial charge on any atom is -0.264 e. The molecular formula is C26H17F6NS2. The second-order valence-corrected chi connectivity index (χ2v) is 11.3. The van der Waals surface area contributed by atoms with Crippen molar-refractivity contribution in [3.8, 4) is 0 Å². The molecule has 2 aliphatic carbocycles. The van der Waals surface area contributed by atoms with E-state index in [4.69, 9.17) is 4.99 Å². The predicted molar refractivity (Wildman–Crippen MR) is 128 cm³/mol. The van der Waals surface area contributed by atoms with Crippen LogP contribution in [0.15, 0.2) is 92.7 Å². The second kappa shape index (κ2) is 6.88. The first-order valence-corrected chi connectivity index (χ1v) is 12.4. The maximum Gasteiger partial charge on any atom is 0.380 e. The fourth-order valence-electron chi connectivity index (χ4n) is 5.15. The molecule has 1 saturated carbocycles. The van der Waals surface area contributed by atoms with Gasteiger partial charge in [0.15, 0.2) is 0 Å². The molecule has 2 atom stereocenters. The molecule has 180 valence electrons. The summed E-state index contributed by atoms with van der Waals surface area (Å²) in [6, 6.07) is 17.5. The molecule has 0 N–H and O–H groups in total. The molecule has 0 spiro atoms. The highest BCUT2D eigenvalue weighted by Crippen LogP contribution is 2.75. The van der Waals surface area contributed by atoms with Gasteiger partial charge >= 0.3 is 17.8 Å². The standard InChI is InChI=1S/C26H17F6NS2/c1-22-13-16(14-9-5-3-6-10-14)34-19(22)17-18(25(29,30)26(31,32)24(17,27)28)20-23(22,2)33-21(35-20)15-11-7-4-8-12-15/h3-13H,1-2H3. The lowest BCUT2D eigenvalue weighted by Gasteiger charge is -2.44. The normalized spacial score (nSPS) is 31.7. The second-order valence-electron chi connectivity index (χ2n) is 9.27. The van der Waals surface area contributed by atoms with Crippen molar-refractivity contribution in [3.05, 3.63) is 98.8 Å². The average Bonchev–Trinajstić information content (AvgIpc) is 3.40. The molecule has 6 rings (SSSR count). The molecule has 0 saturated heterocycles. The molecule has 9 heteroatoms. The molecular weight excluding hydrogens is 504 g/mol. The van der Waals surface area contributed by atoms with E-state index in [1.165, 1.54) is 0 Å². The van der Waals surface area contributed by atoms with Crippen LogP contribution in [0.3, 0.4) is 0 Å². The lowest BCUT2D eigenvalue weighted by molar-refractivity contribution is -0.258. The monoisotopic (exact) mass is 521 g/mol. The highest BCUT2D eigenvalue weighted by atomic mass is 32.2. The van der Waals surface area contributed by atoms with Crippen molar-refractivity contribution in [1.29, 1.82) is 0 Å². The Labute approximate surface area is 206 Å². The fraction of sp³-hybridized carbons (Fsp3) is 0.269. The first kappa shape index (κ1) is 23.0. The van der Waals surface area contributed by atoms with Crippen LogP contribution in [-0.4, -0.2) is 28.4 Å². The van der Waals surface area contributed by atoms with Gasteiger partial charge in [0, 0.05) is 31.3 Å². The summed E-state index contributed by atoms with van der Waals surface area (Å²) in [5, 5.41) is 0.332. The fourth-order valence-corrected chi connectivity index (χ4v) is 8.19. The van der Waals surface area contributed by atoms with Crippen LogP contribution in [0.5, 0.6) is 0 Å². The molecule has 0 bridgehead atoms. The van der Waals surface area contributed by atoms with Crippen LogP contribution >= 0.6 is 23.5 Å². The van der Waals surface area contributed by atoms with Gasteiger partial charge in [0.05, 0.1) is 5.57 Å². The summed E-state index contributed by atoms with van der Waals surface area (Å²) in [4.78, 5) is 4.88. The van der Waals surface area contributed by atoms with E-state index < -0.39 is 39.9 Å². The largest absolute Gasteiger partial charge is 0.380 e. The Morgan fingerprint density at radius 2 is 1.17 bits per heavy atom. The molecule has 2 unspecified atom stereocenters. The van der Waals surface area contributed by atoms with Crippen molar-refractivity contribution >= 4 is 33.5 Å². The van der Waals surface area contributed by atoms with E-state index in [2.05, 4.69) is 0 Å². The summed E-state index contributed by atoms with van der Waals surface area (Å²) in [6.45, 7) is 3.20. The predicted octanol–water partition coefficient (Wildman–Crippen LogP) is 8.17. The summed E-state index contributed by atoms with van der Waals surface area (Å²) in [5.41, 5.74) is -4.05. The molecule has 0 aromatic heterocycles. The lowest BCUT2D eigenvalue weighted by Crippen LogP contribution is -2.47. The third-order valence-electron chi connectivity index (χ3n) is 7.28. The molecule has 2 aromatic rings. The molecule has 2 aliphatic heterocycles. The van der Waals surface area contributed by atoms with E-state index in [0.717, 1.165) is 23.5 Å². The Kier molecular flexibility index (Phi) is 4.53. The van der Waals surface area contributed by atoms with Gasteiger partial charge in [-0.15, -0.1) is 0 Å². The zero-order valence-corrected chi connectivity index (χ0v) is 20.0. The molecule has 2 heterocycles. The average molecular weight is 522 g/mol. The van der Waals surface area contributed by atoms with Crippen LogP contribution in [-0.2, 0) is 0 Å². The van der Waals surface area contributed by atoms with Crippen LogP contribution in [0.2, 0.25) is 0 Å². The Bertz CT molecular complexity index is 1290. The number of alkyl halides is 6. The van der Waals surface area contributed by atoms with E-state index in [9.17, 15) is 8.78 Å². The molecule has 1 nitrogen and oxygen atoms in total. The Balaban J connectivity index is 1.67. The number of thioether (sulfide) groups is 2. The molecule has 2 aromatic carbocycles. The molecule has 35 heavy (non-hydrogen) atoms. The number of fused-ring (bicyclic) bond motifs is 4. The molecule has 0 amide bonds. The van der Waals surface area contributed by atoms with Gasteiger partial charge in [0.2, 0.25) is 0 Å². The summed E-state index contributed by atoms with van der Waals surface area (Å²) in [7, 11) is 0. The maximum absolute atomic E-state index is 15.3. The first-order chi connectivity index (χ1) is 16.4. The third-order valence-corrected chi connectivity index (χ3v) is 10.0. The highest BCUT2D eigenvalue weighted by Gasteiger charge is 2.84. The molecule has 4 aliphatic rings. The number of benzene rings is 2. The van der Waals surface area contributed by atoms with Crippen LogP contribution < -0.4 is 0 Å². The van der Waals surface area contributed by atoms with Gasteiger partial charge in [-0.1, -0.05) is 90.3 Å². The van der Waals surface area contributed by atoms with Crippen LogP contribution in [0.25, 0.3) is 4.91 Å². The van der Waals surface area contributed by atoms with E-state index in [1.54, 1.807) is 80.6 Å². The van der Waals surface area contributed by atoms with Gasteiger partial charge in [0.25, 0.3) is 0 Å². The third kappa shape index (κ3) is 2.63. The van der Waals surface area contributed by atoms with Crippen LogP contribution in [0, 0.1) is 5.41 Å². The van der Waals surface area contributed by atoms with Gasteiger partial charge in [-0.05, 0) is 19.4 Å². The zero-order chi connectivity index (χ0) is 25.0. The van der Waals surface area contributed by atoms with Crippen molar-refractivity contribution in [2.24, 2.45) is 10.4 Å². The SMILES string of the molecule is CC12C=C(c3ccccc3)SC1=C1C(=C3SC(c4ccccc4)=NC32C)C(F)(F)C(F)(F)C1(F)F. The smallest absolute Gasteiger partial charge is 0.264 e.